The molecule has 0 aliphatic carbocycles. The maximum atomic E-state index is 16.2. The summed E-state index contributed by atoms with van der Waals surface area (Å²) >= 11 is 1.34. The van der Waals surface area contributed by atoms with Crippen LogP contribution in [0.25, 0.3) is 55.2 Å². The van der Waals surface area contributed by atoms with Crippen LogP contribution in [0.15, 0.2) is 55.0 Å². The standard InChI is InChI=1S/C29H22F3N7OS/c1-15(40)21-4-5-22(41-21)26-25-20(6-8-34-26)35-28(36-25)27-23-19(37-38-27)3-2-18(24(23)30)17-10-16(11-33-12-17)13-39-9-7-29(31,32)14-39/h2-6,8,10-12H,7,9,13-14H2,1H3,(H,35,36)(H,37,38). The molecule has 0 atom stereocenters. The summed E-state index contributed by atoms with van der Waals surface area (Å²) in [5.41, 5.74) is 4.27. The van der Waals surface area contributed by atoms with Crippen molar-refractivity contribution >= 4 is 39.1 Å². The molecule has 206 valence electrons. The number of fused-ring (bicyclic) bond motifs is 2. The molecule has 12 heteroatoms. The lowest BCUT2D eigenvalue weighted by atomic mass is 10.0. The van der Waals surface area contributed by atoms with E-state index in [4.69, 9.17) is 4.98 Å². The monoisotopic (exact) mass is 573 g/mol. The summed E-state index contributed by atoms with van der Waals surface area (Å²) < 4.78 is 43.5. The number of H-pyrrole nitrogens is 2. The van der Waals surface area contributed by atoms with Gasteiger partial charge in [0.15, 0.2) is 11.6 Å². The number of thiophene rings is 1. The smallest absolute Gasteiger partial charge is 0.261 e. The van der Waals surface area contributed by atoms with Crippen LogP contribution in [-0.4, -0.2) is 59.8 Å². The summed E-state index contributed by atoms with van der Waals surface area (Å²) in [6.07, 6.45) is 4.66. The van der Waals surface area contributed by atoms with Crippen molar-refractivity contribution in [3.8, 4) is 33.2 Å². The number of ketones is 1. The first-order chi connectivity index (χ1) is 19.8. The largest absolute Gasteiger partial charge is 0.336 e. The molecular formula is C29H22F3N7OS. The summed E-state index contributed by atoms with van der Waals surface area (Å²) in [6.45, 7) is 1.83. The van der Waals surface area contributed by atoms with Crippen LogP contribution in [0.2, 0.25) is 0 Å². The molecule has 0 bridgehead atoms. The van der Waals surface area contributed by atoms with Crippen molar-refractivity contribution in [1.29, 1.82) is 0 Å². The van der Waals surface area contributed by atoms with Crippen molar-refractivity contribution in [2.75, 3.05) is 13.1 Å². The fourth-order valence-electron chi connectivity index (χ4n) is 5.27. The molecule has 1 aliphatic rings. The van der Waals surface area contributed by atoms with E-state index in [1.807, 2.05) is 6.07 Å². The molecule has 1 aliphatic heterocycles. The molecule has 7 rings (SSSR count). The van der Waals surface area contributed by atoms with Gasteiger partial charge in [0.05, 0.1) is 32.7 Å². The van der Waals surface area contributed by atoms with Crippen LogP contribution in [0.3, 0.4) is 0 Å². The highest BCUT2D eigenvalue weighted by molar-refractivity contribution is 7.17. The molecule has 5 aromatic heterocycles. The highest BCUT2D eigenvalue weighted by Crippen LogP contribution is 2.36. The second kappa shape index (κ2) is 9.60. The topological polar surface area (TPSA) is 103 Å². The first-order valence-electron chi connectivity index (χ1n) is 12.9. The first kappa shape index (κ1) is 25.5. The summed E-state index contributed by atoms with van der Waals surface area (Å²) in [7, 11) is 0. The van der Waals surface area contributed by atoms with Gasteiger partial charge in [-0.15, -0.1) is 11.3 Å². The summed E-state index contributed by atoms with van der Waals surface area (Å²) in [6, 6.07) is 10.5. The number of nitrogens with one attached hydrogen (secondary N) is 2. The number of aromatic nitrogens is 6. The normalized spacial score (nSPS) is 15.3. The number of hydrogen-bond acceptors (Lipinski definition) is 7. The minimum Gasteiger partial charge on any atom is -0.336 e. The SMILES string of the molecule is CC(=O)c1ccc(-c2nccc3[nH]c(-c4n[nH]c5ccc(-c6cncc(CN7CCC(F)(F)C7)c6)c(F)c45)nc23)s1. The average molecular weight is 574 g/mol. The van der Waals surface area contributed by atoms with E-state index in [2.05, 4.69) is 25.1 Å². The predicted octanol–water partition coefficient (Wildman–Crippen LogP) is 6.47. The molecule has 0 amide bonds. The molecule has 0 unspecified atom stereocenters. The minimum absolute atomic E-state index is 0.0243. The highest BCUT2D eigenvalue weighted by atomic mass is 32.1. The van der Waals surface area contributed by atoms with E-state index in [0.717, 1.165) is 10.4 Å². The number of Topliss-reactive ketones (excluding diaryl/α,β-unsaturated/α-hetero) is 1. The van der Waals surface area contributed by atoms with Crippen molar-refractivity contribution in [3.05, 3.63) is 71.2 Å². The third-order valence-electron chi connectivity index (χ3n) is 7.24. The minimum atomic E-state index is -2.69. The highest BCUT2D eigenvalue weighted by Gasteiger charge is 2.38. The van der Waals surface area contributed by atoms with Crippen LogP contribution in [0.4, 0.5) is 13.2 Å². The Morgan fingerprint density at radius 2 is 2.00 bits per heavy atom. The molecule has 2 N–H and O–H groups in total. The van der Waals surface area contributed by atoms with Gasteiger partial charge in [-0.25, -0.2) is 18.2 Å². The number of pyridine rings is 2. The molecule has 1 saturated heterocycles. The summed E-state index contributed by atoms with van der Waals surface area (Å²) in [5, 5.41) is 7.52. The van der Waals surface area contributed by atoms with E-state index in [9.17, 15) is 13.6 Å². The molecule has 6 heterocycles. The van der Waals surface area contributed by atoms with Gasteiger partial charge >= 0.3 is 0 Å². The number of nitrogens with zero attached hydrogens (tertiary/aromatic N) is 5. The quantitative estimate of drug-likeness (QED) is 0.221. The van der Waals surface area contributed by atoms with Crippen molar-refractivity contribution < 1.29 is 18.0 Å². The van der Waals surface area contributed by atoms with Crippen molar-refractivity contribution in [2.45, 2.75) is 25.8 Å². The number of carbonyl (C=O) groups is 1. The van der Waals surface area contributed by atoms with E-state index < -0.39 is 11.7 Å². The zero-order chi connectivity index (χ0) is 28.3. The Kier molecular flexibility index (Phi) is 5.98. The third-order valence-corrected chi connectivity index (χ3v) is 8.43. The van der Waals surface area contributed by atoms with Crippen LogP contribution < -0.4 is 0 Å². The van der Waals surface area contributed by atoms with Gasteiger partial charge < -0.3 is 4.98 Å². The zero-order valence-electron chi connectivity index (χ0n) is 21.7. The second-order valence-corrected chi connectivity index (χ2v) is 11.3. The van der Waals surface area contributed by atoms with Gasteiger partial charge in [0.2, 0.25) is 0 Å². The Bertz CT molecular complexity index is 1960. The van der Waals surface area contributed by atoms with Crippen LogP contribution in [0.5, 0.6) is 0 Å². The predicted molar refractivity (Wildman–Crippen MR) is 150 cm³/mol. The molecule has 1 fully saturated rings. The molecule has 0 radical (unpaired) electrons. The second-order valence-electron chi connectivity index (χ2n) is 10.2. The van der Waals surface area contributed by atoms with Gasteiger partial charge in [0.1, 0.15) is 22.7 Å². The van der Waals surface area contributed by atoms with Crippen LogP contribution in [0.1, 0.15) is 28.6 Å². The van der Waals surface area contributed by atoms with E-state index >= 15 is 4.39 Å². The molecular weight excluding hydrogens is 551 g/mol. The van der Waals surface area contributed by atoms with E-state index in [0.29, 0.717) is 62.9 Å². The molecule has 0 spiro atoms. The third kappa shape index (κ3) is 4.58. The Balaban J connectivity index is 1.27. The van der Waals surface area contributed by atoms with E-state index in [-0.39, 0.29) is 24.1 Å². The lowest BCUT2D eigenvalue weighted by Crippen LogP contribution is -2.24. The Morgan fingerprint density at radius 3 is 2.78 bits per heavy atom. The number of halogens is 3. The zero-order valence-corrected chi connectivity index (χ0v) is 22.5. The number of imidazole rings is 1. The van der Waals surface area contributed by atoms with Gasteiger partial charge in [-0.2, -0.15) is 5.10 Å². The van der Waals surface area contributed by atoms with Crippen molar-refractivity contribution in [3.63, 3.8) is 0 Å². The van der Waals surface area contributed by atoms with Crippen molar-refractivity contribution in [1.82, 2.24) is 35.0 Å². The number of benzene rings is 1. The summed E-state index contributed by atoms with van der Waals surface area (Å²) in [4.78, 5) is 31.6. The van der Waals surface area contributed by atoms with E-state index in [1.54, 1.807) is 53.8 Å². The number of carbonyl (C=O) groups excluding carboxylic acids is 1. The maximum absolute atomic E-state index is 16.2. The number of alkyl halides is 2. The van der Waals surface area contributed by atoms with Gasteiger partial charge in [-0.1, -0.05) is 0 Å². The Hall–Kier alpha value is -4.42. The first-order valence-corrected chi connectivity index (χ1v) is 13.7. The fourth-order valence-corrected chi connectivity index (χ4v) is 6.17. The summed E-state index contributed by atoms with van der Waals surface area (Å²) in [5.74, 6) is -2.85. The molecule has 41 heavy (non-hydrogen) atoms. The van der Waals surface area contributed by atoms with Crippen LogP contribution in [-0.2, 0) is 6.54 Å². The average Bonchev–Trinajstić information content (AvgIpc) is 3.74. The Labute approximate surface area is 235 Å². The number of aromatic amines is 2. The molecule has 8 nitrogen and oxygen atoms in total. The molecule has 1 aromatic carbocycles. The van der Waals surface area contributed by atoms with Crippen LogP contribution >= 0.6 is 11.3 Å². The molecule has 0 saturated carbocycles. The maximum Gasteiger partial charge on any atom is 0.261 e. The van der Waals surface area contributed by atoms with Gasteiger partial charge in [0, 0.05) is 49.2 Å². The van der Waals surface area contributed by atoms with E-state index in [1.165, 1.54) is 18.3 Å². The van der Waals surface area contributed by atoms with Gasteiger partial charge in [-0.05, 0) is 48.9 Å². The van der Waals surface area contributed by atoms with Crippen molar-refractivity contribution in [2.24, 2.45) is 0 Å². The number of rotatable bonds is 6. The van der Waals surface area contributed by atoms with Crippen LogP contribution in [0, 0.1) is 5.82 Å². The number of hydrogen-bond donors (Lipinski definition) is 2. The molecule has 6 aromatic rings. The van der Waals surface area contributed by atoms with Gasteiger partial charge in [0.25, 0.3) is 5.92 Å². The number of likely N-dealkylation sites (tertiary alicyclic amines) is 1. The Morgan fingerprint density at radius 1 is 1.12 bits per heavy atom. The fraction of sp³-hybridized carbons (Fsp3) is 0.207. The van der Waals surface area contributed by atoms with Gasteiger partial charge in [-0.3, -0.25) is 24.8 Å². The lowest BCUT2D eigenvalue weighted by Gasteiger charge is -2.16. The lowest BCUT2D eigenvalue weighted by molar-refractivity contribution is 0.0115.